The number of nitrogens with one attached hydrogen (secondary N) is 1. The largest absolute Gasteiger partial charge is 0.270 e. The summed E-state index contributed by atoms with van der Waals surface area (Å²) < 4.78 is 27.5. The van der Waals surface area contributed by atoms with Crippen molar-refractivity contribution in [1.82, 2.24) is 14.7 Å². The van der Waals surface area contributed by atoms with Crippen LogP contribution < -0.4 is 4.72 Å². The van der Waals surface area contributed by atoms with Crippen LogP contribution in [0.1, 0.15) is 11.1 Å². The number of aromatic nitrogens is 2. The van der Waals surface area contributed by atoms with E-state index in [0.717, 1.165) is 17.2 Å². The molecular weight excluding hydrogens is 380 g/mol. The number of nitrogens with zero attached hydrogens (tertiary/aromatic N) is 3. The van der Waals surface area contributed by atoms with E-state index >= 15 is 0 Å². The quantitative estimate of drug-likeness (QED) is 0.483. The molecule has 0 bridgehead atoms. The first-order chi connectivity index (χ1) is 13.4. The fourth-order valence-electron chi connectivity index (χ4n) is 2.62. The summed E-state index contributed by atoms with van der Waals surface area (Å²) in [6.45, 7) is 1.72. The molecule has 3 aromatic rings. The summed E-state index contributed by atoms with van der Waals surface area (Å²) in [7, 11) is -3.86. The third kappa shape index (κ3) is 4.56. The van der Waals surface area contributed by atoms with Crippen LogP contribution in [0.5, 0.6) is 0 Å². The second-order valence-corrected chi connectivity index (χ2v) is 7.87. The number of aryl methyl sites for hydroxylation is 1. The van der Waals surface area contributed by atoms with Crippen LogP contribution in [-0.2, 0) is 16.4 Å². The molecule has 1 aromatic heterocycles. The maximum Gasteiger partial charge on any atom is 0.270 e. The third-order valence-electron chi connectivity index (χ3n) is 4.12. The molecule has 0 saturated carbocycles. The van der Waals surface area contributed by atoms with Crippen molar-refractivity contribution in [3.05, 3.63) is 82.2 Å². The van der Waals surface area contributed by atoms with Gasteiger partial charge in [0.2, 0.25) is 10.0 Å². The predicted octanol–water partition coefficient (Wildman–Crippen LogP) is 2.88. The molecule has 0 amide bonds. The standard InChI is InChI=1S/C19H18N4O4S/c1-14-7-8-17(23(24)25)11-18(14)28(26,27)22-10-9-15-12-20-19(21-13-15)16-5-3-2-4-6-16/h2-8,11-13,22H,9-10H2,1H3. The van der Waals surface area contributed by atoms with Crippen LogP contribution in [0.15, 0.2) is 65.8 Å². The Hall–Kier alpha value is -3.17. The van der Waals surface area contributed by atoms with Crippen LogP contribution in [0, 0.1) is 17.0 Å². The molecule has 8 nitrogen and oxygen atoms in total. The lowest BCUT2D eigenvalue weighted by atomic mass is 10.2. The van der Waals surface area contributed by atoms with Gasteiger partial charge in [0.25, 0.3) is 5.69 Å². The number of hydrogen-bond donors (Lipinski definition) is 1. The summed E-state index contributed by atoms with van der Waals surface area (Å²) in [5.41, 5.74) is 1.85. The molecular formula is C19H18N4O4S. The Kier molecular flexibility index (Phi) is 5.76. The lowest BCUT2D eigenvalue weighted by molar-refractivity contribution is -0.385. The van der Waals surface area contributed by atoms with Crippen molar-refractivity contribution in [2.24, 2.45) is 0 Å². The molecule has 3 rings (SSSR count). The van der Waals surface area contributed by atoms with Crippen molar-refractivity contribution in [2.45, 2.75) is 18.2 Å². The SMILES string of the molecule is Cc1ccc([N+](=O)[O-])cc1S(=O)(=O)NCCc1cnc(-c2ccccc2)nc1. The smallest absolute Gasteiger partial charge is 0.258 e. The fraction of sp³-hybridized carbons (Fsp3) is 0.158. The van der Waals surface area contributed by atoms with Gasteiger partial charge in [-0.15, -0.1) is 0 Å². The van der Waals surface area contributed by atoms with Gasteiger partial charge < -0.3 is 0 Å². The number of sulfonamides is 1. The summed E-state index contributed by atoms with van der Waals surface area (Å²) in [6.07, 6.45) is 3.70. The minimum absolute atomic E-state index is 0.0997. The Balaban J connectivity index is 1.66. The topological polar surface area (TPSA) is 115 Å². The van der Waals surface area contributed by atoms with Gasteiger partial charge in [0.1, 0.15) is 0 Å². The second-order valence-electron chi connectivity index (χ2n) is 6.14. The van der Waals surface area contributed by atoms with E-state index in [4.69, 9.17) is 0 Å². The molecule has 0 atom stereocenters. The van der Waals surface area contributed by atoms with Gasteiger partial charge in [0.15, 0.2) is 5.82 Å². The molecule has 0 fully saturated rings. The normalized spacial score (nSPS) is 11.3. The maximum absolute atomic E-state index is 12.5. The first-order valence-electron chi connectivity index (χ1n) is 8.48. The highest BCUT2D eigenvalue weighted by Crippen LogP contribution is 2.21. The van der Waals surface area contributed by atoms with Crippen molar-refractivity contribution in [2.75, 3.05) is 6.54 Å². The second kappa shape index (κ2) is 8.24. The van der Waals surface area contributed by atoms with E-state index in [2.05, 4.69) is 14.7 Å². The Morgan fingerprint density at radius 1 is 1.07 bits per heavy atom. The van der Waals surface area contributed by atoms with Gasteiger partial charge in [0, 0.05) is 36.6 Å². The Morgan fingerprint density at radius 3 is 2.39 bits per heavy atom. The summed E-state index contributed by atoms with van der Waals surface area (Å²) in [4.78, 5) is 18.8. The molecule has 0 aliphatic carbocycles. The van der Waals surface area contributed by atoms with E-state index in [-0.39, 0.29) is 17.1 Å². The van der Waals surface area contributed by atoms with Crippen molar-refractivity contribution >= 4 is 15.7 Å². The molecule has 1 N–H and O–H groups in total. The number of rotatable bonds is 7. The average Bonchev–Trinajstić information content (AvgIpc) is 2.69. The van der Waals surface area contributed by atoms with Crippen LogP contribution in [0.2, 0.25) is 0 Å². The van der Waals surface area contributed by atoms with Crippen LogP contribution in [0.3, 0.4) is 0 Å². The monoisotopic (exact) mass is 398 g/mol. The van der Waals surface area contributed by atoms with Gasteiger partial charge in [-0.3, -0.25) is 10.1 Å². The molecule has 2 aromatic carbocycles. The molecule has 0 aliphatic heterocycles. The minimum atomic E-state index is -3.86. The first kappa shape index (κ1) is 19.6. The van der Waals surface area contributed by atoms with Crippen molar-refractivity contribution in [3.8, 4) is 11.4 Å². The minimum Gasteiger partial charge on any atom is -0.258 e. The van der Waals surface area contributed by atoms with Crippen molar-refractivity contribution < 1.29 is 13.3 Å². The van der Waals surface area contributed by atoms with Crippen LogP contribution in [0.25, 0.3) is 11.4 Å². The summed E-state index contributed by atoms with van der Waals surface area (Å²) in [6, 6.07) is 13.3. The zero-order chi connectivity index (χ0) is 20.1. The predicted molar refractivity (Wildman–Crippen MR) is 104 cm³/mol. The van der Waals surface area contributed by atoms with Crippen LogP contribution in [0.4, 0.5) is 5.69 Å². The van der Waals surface area contributed by atoms with Crippen LogP contribution >= 0.6 is 0 Å². The number of nitro groups is 1. The van der Waals surface area contributed by atoms with Crippen molar-refractivity contribution in [1.29, 1.82) is 0 Å². The molecule has 9 heteroatoms. The van der Waals surface area contributed by atoms with E-state index in [1.54, 1.807) is 19.3 Å². The van der Waals surface area contributed by atoms with Crippen LogP contribution in [-0.4, -0.2) is 29.9 Å². The summed E-state index contributed by atoms with van der Waals surface area (Å²) in [5, 5.41) is 10.9. The lowest BCUT2D eigenvalue weighted by Gasteiger charge is -2.09. The van der Waals surface area contributed by atoms with Gasteiger partial charge >= 0.3 is 0 Å². The van der Waals surface area contributed by atoms with E-state index in [0.29, 0.717) is 17.8 Å². The fourth-order valence-corrected chi connectivity index (χ4v) is 3.91. The highest BCUT2D eigenvalue weighted by molar-refractivity contribution is 7.89. The Morgan fingerprint density at radius 2 is 1.75 bits per heavy atom. The molecule has 0 radical (unpaired) electrons. The highest BCUT2D eigenvalue weighted by Gasteiger charge is 2.20. The van der Waals surface area contributed by atoms with Crippen molar-refractivity contribution in [3.63, 3.8) is 0 Å². The van der Waals surface area contributed by atoms with E-state index in [1.807, 2.05) is 30.3 Å². The number of nitro benzene ring substituents is 1. The van der Waals surface area contributed by atoms with E-state index < -0.39 is 14.9 Å². The van der Waals surface area contributed by atoms with Gasteiger partial charge in [-0.05, 0) is 24.5 Å². The molecule has 1 heterocycles. The maximum atomic E-state index is 12.5. The Labute approximate surface area is 162 Å². The summed E-state index contributed by atoms with van der Waals surface area (Å²) >= 11 is 0. The lowest BCUT2D eigenvalue weighted by Crippen LogP contribution is -2.26. The van der Waals surface area contributed by atoms with Gasteiger partial charge in [0.05, 0.1) is 9.82 Å². The van der Waals surface area contributed by atoms with Gasteiger partial charge in [-0.25, -0.2) is 23.1 Å². The zero-order valence-corrected chi connectivity index (χ0v) is 15.9. The van der Waals surface area contributed by atoms with E-state index in [9.17, 15) is 18.5 Å². The summed E-state index contributed by atoms with van der Waals surface area (Å²) in [5.74, 6) is 0.595. The number of benzene rings is 2. The average molecular weight is 398 g/mol. The molecule has 144 valence electrons. The molecule has 0 saturated heterocycles. The molecule has 0 aliphatic rings. The zero-order valence-electron chi connectivity index (χ0n) is 15.1. The van der Waals surface area contributed by atoms with Gasteiger partial charge in [-0.2, -0.15) is 0 Å². The Bertz CT molecular complexity index is 1080. The number of hydrogen-bond acceptors (Lipinski definition) is 6. The van der Waals surface area contributed by atoms with Gasteiger partial charge in [-0.1, -0.05) is 36.4 Å². The third-order valence-corrected chi connectivity index (χ3v) is 5.72. The molecule has 0 spiro atoms. The van der Waals surface area contributed by atoms with E-state index in [1.165, 1.54) is 12.1 Å². The number of non-ortho nitro benzene ring substituents is 1. The molecule has 0 unspecified atom stereocenters. The molecule has 28 heavy (non-hydrogen) atoms. The highest BCUT2D eigenvalue weighted by atomic mass is 32.2. The first-order valence-corrected chi connectivity index (χ1v) is 9.96.